The van der Waals surface area contributed by atoms with Crippen LogP contribution in [0.3, 0.4) is 0 Å². The summed E-state index contributed by atoms with van der Waals surface area (Å²) in [6, 6.07) is 2.48. The van der Waals surface area contributed by atoms with E-state index in [4.69, 9.17) is 5.26 Å². The number of aromatic nitrogens is 1. The van der Waals surface area contributed by atoms with E-state index in [1.165, 1.54) is 0 Å². The predicted octanol–water partition coefficient (Wildman–Crippen LogP) is 1.35. The lowest BCUT2D eigenvalue weighted by Gasteiger charge is -2.12. The van der Waals surface area contributed by atoms with Crippen LogP contribution < -0.4 is 15.0 Å². The quantitative estimate of drug-likeness (QED) is 0.875. The van der Waals surface area contributed by atoms with Gasteiger partial charge in [0, 0.05) is 5.56 Å². The Labute approximate surface area is 93.4 Å². The number of alkyl halides is 3. The zero-order chi connectivity index (χ0) is 13.1. The Hall–Kier alpha value is -2.17. The van der Waals surface area contributed by atoms with Crippen LogP contribution in [-0.4, -0.2) is 18.5 Å². The molecule has 0 aromatic carbocycles. The number of ether oxygens (including phenoxy) is 2. The summed E-state index contributed by atoms with van der Waals surface area (Å²) in [6.45, 7) is 0. The molecule has 1 heterocycles. The highest BCUT2D eigenvalue weighted by molar-refractivity contribution is 5.37. The molecule has 0 aliphatic rings. The first-order valence-electron chi connectivity index (χ1n) is 4.30. The van der Waals surface area contributed by atoms with Gasteiger partial charge in [-0.05, 0) is 6.07 Å². The van der Waals surface area contributed by atoms with Crippen LogP contribution >= 0.6 is 0 Å². The van der Waals surface area contributed by atoms with E-state index in [1.54, 1.807) is 6.07 Å². The van der Waals surface area contributed by atoms with Crippen molar-refractivity contribution in [1.29, 1.82) is 5.26 Å². The Balaban J connectivity index is 3.23. The van der Waals surface area contributed by atoms with Gasteiger partial charge in [0.1, 0.15) is 0 Å². The number of methoxy groups -OCH3 is 1. The maximum absolute atomic E-state index is 12.0. The van der Waals surface area contributed by atoms with Crippen LogP contribution in [0, 0.1) is 11.3 Å². The molecular weight excluding hydrogens is 241 g/mol. The number of rotatable bonds is 3. The van der Waals surface area contributed by atoms with Crippen molar-refractivity contribution in [2.45, 2.75) is 12.8 Å². The molecule has 0 fully saturated rings. The van der Waals surface area contributed by atoms with E-state index in [-0.39, 0.29) is 12.0 Å². The summed E-state index contributed by atoms with van der Waals surface area (Å²) in [7, 11) is 1.08. The first kappa shape index (κ1) is 12.9. The van der Waals surface area contributed by atoms with Gasteiger partial charge in [-0.3, -0.25) is 9.78 Å². The zero-order valence-electron chi connectivity index (χ0n) is 8.59. The third kappa shape index (κ3) is 3.41. The molecule has 0 spiro atoms. The second-order valence-corrected chi connectivity index (χ2v) is 2.90. The normalized spacial score (nSPS) is 10.8. The monoisotopic (exact) mass is 248 g/mol. The molecule has 8 heteroatoms. The van der Waals surface area contributed by atoms with Gasteiger partial charge in [0.05, 0.1) is 19.6 Å². The predicted molar refractivity (Wildman–Crippen MR) is 49.6 cm³/mol. The zero-order valence-corrected chi connectivity index (χ0v) is 8.59. The fourth-order valence-corrected chi connectivity index (χ4v) is 1.10. The molecule has 0 aliphatic carbocycles. The van der Waals surface area contributed by atoms with E-state index in [1.807, 2.05) is 4.98 Å². The number of aromatic amines is 1. The minimum absolute atomic E-state index is 0.132. The molecule has 1 aromatic rings. The highest BCUT2D eigenvalue weighted by Gasteiger charge is 2.33. The summed E-state index contributed by atoms with van der Waals surface area (Å²) >= 11 is 0. The summed E-state index contributed by atoms with van der Waals surface area (Å²) in [6.07, 6.45) is -5.23. The summed E-state index contributed by atoms with van der Waals surface area (Å²) in [5, 5.41) is 8.40. The molecule has 0 atom stereocenters. The Morgan fingerprint density at radius 3 is 2.65 bits per heavy atom. The number of halogens is 3. The van der Waals surface area contributed by atoms with Crippen LogP contribution in [0.4, 0.5) is 13.2 Å². The molecule has 0 saturated carbocycles. The second-order valence-electron chi connectivity index (χ2n) is 2.90. The van der Waals surface area contributed by atoms with E-state index in [0.29, 0.717) is 0 Å². The Morgan fingerprint density at radius 2 is 2.18 bits per heavy atom. The lowest BCUT2D eigenvalue weighted by atomic mass is 10.2. The minimum Gasteiger partial charge on any atom is -0.480 e. The minimum atomic E-state index is -4.91. The smallest absolute Gasteiger partial charge is 0.480 e. The number of H-pyrrole nitrogens is 1. The van der Waals surface area contributed by atoms with Gasteiger partial charge in [-0.15, -0.1) is 13.2 Å². The van der Waals surface area contributed by atoms with Crippen molar-refractivity contribution in [3.05, 3.63) is 22.0 Å². The molecule has 5 nitrogen and oxygen atoms in total. The van der Waals surface area contributed by atoms with Crippen molar-refractivity contribution >= 4 is 0 Å². The van der Waals surface area contributed by atoms with Crippen molar-refractivity contribution in [2.75, 3.05) is 7.11 Å². The van der Waals surface area contributed by atoms with Crippen molar-refractivity contribution in [2.24, 2.45) is 0 Å². The average Bonchev–Trinajstić information content (AvgIpc) is 2.20. The molecule has 0 bridgehead atoms. The summed E-state index contributed by atoms with van der Waals surface area (Å²) in [4.78, 5) is 13.3. The number of pyridine rings is 1. The molecule has 1 N–H and O–H groups in total. The van der Waals surface area contributed by atoms with Crippen LogP contribution in [-0.2, 0) is 6.42 Å². The molecule has 92 valence electrons. The number of hydrogen-bond acceptors (Lipinski definition) is 4. The number of nitrogens with one attached hydrogen (secondary N) is 1. The molecule has 17 heavy (non-hydrogen) atoms. The van der Waals surface area contributed by atoms with Crippen molar-refractivity contribution in [3.8, 4) is 17.7 Å². The summed E-state index contributed by atoms with van der Waals surface area (Å²) < 4.78 is 44.3. The number of nitriles is 1. The van der Waals surface area contributed by atoms with Crippen LogP contribution in [0.25, 0.3) is 0 Å². The van der Waals surface area contributed by atoms with Gasteiger partial charge in [-0.2, -0.15) is 5.26 Å². The number of hydrogen-bond donors (Lipinski definition) is 1. The van der Waals surface area contributed by atoms with E-state index < -0.39 is 23.6 Å². The standard InChI is InChI=1S/C9H7F3N2O3/c1-16-8-6(17-9(10,11)12)4-5(2-3-13)7(15)14-8/h4H,2H2,1H3,(H,14,15). The van der Waals surface area contributed by atoms with Crippen LogP contribution in [0.2, 0.25) is 0 Å². The van der Waals surface area contributed by atoms with E-state index >= 15 is 0 Å². The van der Waals surface area contributed by atoms with Gasteiger partial charge in [0.25, 0.3) is 5.56 Å². The molecule has 0 aliphatic heterocycles. The van der Waals surface area contributed by atoms with E-state index in [2.05, 4.69) is 9.47 Å². The van der Waals surface area contributed by atoms with E-state index in [0.717, 1.165) is 13.2 Å². The van der Waals surface area contributed by atoms with Crippen LogP contribution in [0.5, 0.6) is 11.6 Å². The summed E-state index contributed by atoms with van der Waals surface area (Å²) in [5.41, 5.74) is -0.828. The van der Waals surface area contributed by atoms with Gasteiger partial charge in [-0.25, -0.2) is 0 Å². The fraction of sp³-hybridized carbons (Fsp3) is 0.333. The number of nitrogens with zero attached hydrogens (tertiary/aromatic N) is 1. The topological polar surface area (TPSA) is 75.1 Å². The summed E-state index contributed by atoms with van der Waals surface area (Å²) in [5.74, 6) is -1.14. The molecule has 1 rings (SSSR count). The Morgan fingerprint density at radius 1 is 1.53 bits per heavy atom. The van der Waals surface area contributed by atoms with E-state index in [9.17, 15) is 18.0 Å². The first-order chi connectivity index (χ1) is 7.87. The Kier molecular flexibility index (Phi) is 3.62. The van der Waals surface area contributed by atoms with Crippen molar-refractivity contribution in [1.82, 2.24) is 4.98 Å². The van der Waals surface area contributed by atoms with Gasteiger partial charge in [0.15, 0.2) is 5.75 Å². The van der Waals surface area contributed by atoms with Crippen molar-refractivity contribution < 1.29 is 22.6 Å². The fourth-order valence-electron chi connectivity index (χ4n) is 1.10. The molecule has 0 saturated heterocycles. The largest absolute Gasteiger partial charge is 0.573 e. The third-order valence-electron chi connectivity index (χ3n) is 1.75. The molecule has 0 radical (unpaired) electrons. The lowest BCUT2D eigenvalue weighted by Crippen LogP contribution is -2.20. The van der Waals surface area contributed by atoms with Gasteiger partial charge >= 0.3 is 6.36 Å². The first-order valence-corrected chi connectivity index (χ1v) is 4.30. The third-order valence-corrected chi connectivity index (χ3v) is 1.75. The molecule has 0 amide bonds. The van der Waals surface area contributed by atoms with Gasteiger partial charge in [-0.1, -0.05) is 0 Å². The molecular formula is C9H7F3N2O3. The van der Waals surface area contributed by atoms with Crippen molar-refractivity contribution in [3.63, 3.8) is 0 Å². The van der Waals surface area contributed by atoms with Gasteiger partial charge < -0.3 is 9.47 Å². The highest BCUT2D eigenvalue weighted by atomic mass is 19.4. The maximum Gasteiger partial charge on any atom is 0.573 e. The highest BCUT2D eigenvalue weighted by Crippen LogP contribution is 2.29. The SMILES string of the molecule is COc1[nH]c(=O)c(CC#N)cc1OC(F)(F)F. The Bertz CT molecular complexity index is 502. The van der Waals surface area contributed by atoms with Gasteiger partial charge in [0.2, 0.25) is 5.88 Å². The van der Waals surface area contributed by atoms with Crippen LogP contribution in [0.15, 0.2) is 10.9 Å². The average molecular weight is 248 g/mol. The van der Waals surface area contributed by atoms with Crippen LogP contribution in [0.1, 0.15) is 5.56 Å². The lowest BCUT2D eigenvalue weighted by molar-refractivity contribution is -0.275. The second kappa shape index (κ2) is 4.78. The molecule has 0 unspecified atom stereocenters. The maximum atomic E-state index is 12.0. The molecule has 1 aromatic heterocycles.